The van der Waals surface area contributed by atoms with Crippen LogP contribution in [0.4, 0.5) is 0 Å². The highest BCUT2D eigenvalue weighted by molar-refractivity contribution is 5.12. The SMILES string of the molecule is CC(C)c1cc(C(C)O)ncn1. The number of aliphatic hydroxyl groups excluding tert-OH is 1. The van der Waals surface area contributed by atoms with E-state index in [1.54, 1.807) is 6.92 Å². The van der Waals surface area contributed by atoms with Gasteiger partial charge in [0, 0.05) is 5.69 Å². The second-order valence-corrected chi connectivity index (χ2v) is 3.20. The van der Waals surface area contributed by atoms with E-state index in [1.807, 2.05) is 6.07 Å². The maximum atomic E-state index is 9.24. The van der Waals surface area contributed by atoms with Crippen molar-refractivity contribution in [3.63, 3.8) is 0 Å². The fraction of sp³-hybridized carbons (Fsp3) is 0.556. The molecule has 0 spiro atoms. The van der Waals surface area contributed by atoms with Crippen LogP contribution in [0.15, 0.2) is 12.4 Å². The highest BCUT2D eigenvalue weighted by Gasteiger charge is 2.06. The second kappa shape index (κ2) is 3.63. The van der Waals surface area contributed by atoms with Crippen LogP contribution in [0.25, 0.3) is 0 Å². The lowest BCUT2D eigenvalue weighted by atomic mass is 10.1. The highest BCUT2D eigenvalue weighted by atomic mass is 16.3. The van der Waals surface area contributed by atoms with Crippen LogP contribution in [0.1, 0.15) is 44.2 Å². The third-order valence-corrected chi connectivity index (χ3v) is 1.73. The van der Waals surface area contributed by atoms with Gasteiger partial charge in [-0.25, -0.2) is 9.97 Å². The zero-order valence-electron chi connectivity index (χ0n) is 7.65. The summed E-state index contributed by atoms with van der Waals surface area (Å²) in [4.78, 5) is 8.06. The van der Waals surface area contributed by atoms with E-state index in [0.29, 0.717) is 11.6 Å². The monoisotopic (exact) mass is 166 g/mol. The second-order valence-electron chi connectivity index (χ2n) is 3.20. The summed E-state index contributed by atoms with van der Waals surface area (Å²) in [5.41, 5.74) is 1.66. The molecule has 0 bridgehead atoms. The van der Waals surface area contributed by atoms with E-state index in [1.165, 1.54) is 6.33 Å². The first-order valence-corrected chi connectivity index (χ1v) is 4.11. The molecule has 0 aromatic carbocycles. The van der Waals surface area contributed by atoms with Gasteiger partial charge in [0.05, 0.1) is 11.8 Å². The van der Waals surface area contributed by atoms with E-state index in [9.17, 15) is 5.11 Å². The smallest absolute Gasteiger partial charge is 0.116 e. The molecule has 0 saturated carbocycles. The van der Waals surface area contributed by atoms with Crippen molar-refractivity contribution < 1.29 is 5.11 Å². The summed E-state index contributed by atoms with van der Waals surface area (Å²) in [6, 6.07) is 1.84. The number of aromatic nitrogens is 2. The molecule has 0 radical (unpaired) electrons. The van der Waals surface area contributed by atoms with Gasteiger partial charge in [-0.3, -0.25) is 0 Å². The van der Waals surface area contributed by atoms with Crippen LogP contribution in [0.5, 0.6) is 0 Å². The lowest BCUT2D eigenvalue weighted by molar-refractivity contribution is 0.194. The minimum absolute atomic E-state index is 0.380. The molecule has 12 heavy (non-hydrogen) atoms. The van der Waals surface area contributed by atoms with Crippen LogP contribution >= 0.6 is 0 Å². The first-order valence-electron chi connectivity index (χ1n) is 4.11. The molecule has 0 aliphatic carbocycles. The summed E-state index contributed by atoms with van der Waals surface area (Å²) in [6.45, 7) is 5.83. The Bertz CT molecular complexity index is 235. The predicted octanol–water partition coefficient (Wildman–Crippen LogP) is 1.65. The zero-order valence-corrected chi connectivity index (χ0v) is 7.65. The molecular formula is C9H14N2O. The molecule has 0 saturated heterocycles. The molecule has 66 valence electrons. The predicted molar refractivity (Wildman–Crippen MR) is 46.8 cm³/mol. The topological polar surface area (TPSA) is 46.0 Å². The van der Waals surface area contributed by atoms with Crippen molar-refractivity contribution in [1.29, 1.82) is 0 Å². The summed E-state index contributed by atoms with van der Waals surface area (Å²) in [7, 11) is 0. The maximum Gasteiger partial charge on any atom is 0.116 e. The van der Waals surface area contributed by atoms with Gasteiger partial charge in [0.15, 0.2) is 0 Å². The Morgan fingerprint density at radius 3 is 2.25 bits per heavy atom. The minimum Gasteiger partial charge on any atom is -0.387 e. The van der Waals surface area contributed by atoms with E-state index in [0.717, 1.165) is 5.69 Å². The fourth-order valence-corrected chi connectivity index (χ4v) is 0.932. The Labute approximate surface area is 72.5 Å². The molecule has 0 fully saturated rings. The third kappa shape index (κ3) is 2.01. The molecule has 1 unspecified atom stereocenters. The Morgan fingerprint density at radius 1 is 1.17 bits per heavy atom. The van der Waals surface area contributed by atoms with Gasteiger partial charge in [0.2, 0.25) is 0 Å². The van der Waals surface area contributed by atoms with Gasteiger partial charge < -0.3 is 5.11 Å². The van der Waals surface area contributed by atoms with E-state index < -0.39 is 6.10 Å². The van der Waals surface area contributed by atoms with Crippen molar-refractivity contribution in [2.75, 3.05) is 0 Å². The van der Waals surface area contributed by atoms with Gasteiger partial charge >= 0.3 is 0 Å². The summed E-state index contributed by atoms with van der Waals surface area (Å²) >= 11 is 0. The highest BCUT2D eigenvalue weighted by Crippen LogP contribution is 2.14. The summed E-state index contributed by atoms with van der Waals surface area (Å²) in [5, 5.41) is 9.24. The van der Waals surface area contributed by atoms with Crippen molar-refractivity contribution in [2.24, 2.45) is 0 Å². The van der Waals surface area contributed by atoms with Crippen LogP contribution < -0.4 is 0 Å². The van der Waals surface area contributed by atoms with E-state index >= 15 is 0 Å². The molecular weight excluding hydrogens is 152 g/mol. The van der Waals surface area contributed by atoms with Gasteiger partial charge in [-0.1, -0.05) is 13.8 Å². The summed E-state index contributed by atoms with van der Waals surface area (Å²) in [5.74, 6) is 0.380. The Balaban J connectivity index is 2.96. The van der Waals surface area contributed by atoms with Crippen LogP contribution in [0, 0.1) is 0 Å². The molecule has 1 aromatic heterocycles. The molecule has 0 aliphatic rings. The van der Waals surface area contributed by atoms with Gasteiger partial charge in [-0.05, 0) is 18.9 Å². The first-order chi connectivity index (χ1) is 5.61. The van der Waals surface area contributed by atoms with Gasteiger partial charge in [-0.15, -0.1) is 0 Å². The molecule has 1 aromatic rings. The quantitative estimate of drug-likeness (QED) is 0.726. The lowest BCUT2D eigenvalue weighted by Gasteiger charge is -2.07. The Morgan fingerprint density at radius 2 is 1.75 bits per heavy atom. The standard InChI is InChI=1S/C9H14N2O/c1-6(2)8-4-9(7(3)12)11-5-10-8/h4-7,12H,1-3H3. The van der Waals surface area contributed by atoms with Crippen molar-refractivity contribution in [1.82, 2.24) is 9.97 Å². The lowest BCUT2D eigenvalue weighted by Crippen LogP contribution is -2.00. The molecule has 0 amide bonds. The molecule has 3 nitrogen and oxygen atoms in total. The van der Waals surface area contributed by atoms with Gasteiger partial charge in [0.1, 0.15) is 6.33 Å². The number of hydrogen-bond acceptors (Lipinski definition) is 3. The van der Waals surface area contributed by atoms with Crippen molar-refractivity contribution in [2.45, 2.75) is 32.8 Å². The molecule has 1 heterocycles. The van der Waals surface area contributed by atoms with Gasteiger partial charge in [0.25, 0.3) is 0 Å². The van der Waals surface area contributed by atoms with E-state index in [4.69, 9.17) is 0 Å². The number of hydrogen-bond donors (Lipinski definition) is 1. The average molecular weight is 166 g/mol. The van der Waals surface area contributed by atoms with Crippen LogP contribution in [-0.4, -0.2) is 15.1 Å². The molecule has 1 N–H and O–H groups in total. The first kappa shape index (κ1) is 9.13. The fourth-order valence-electron chi connectivity index (χ4n) is 0.932. The number of rotatable bonds is 2. The van der Waals surface area contributed by atoms with Gasteiger partial charge in [-0.2, -0.15) is 0 Å². The van der Waals surface area contributed by atoms with Crippen LogP contribution in [-0.2, 0) is 0 Å². The normalized spacial score (nSPS) is 13.4. The molecule has 3 heteroatoms. The van der Waals surface area contributed by atoms with E-state index in [2.05, 4.69) is 23.8 Å². The molecule has 0 aliphatic heterocycles. The van der Waals surface area contributed by atoms with Crippen LogP contribution in [0.3, 0.4) is 0 Å². The summed E-state index contributed by atoms with van der Waals surface area (Å²) < 4.78 is 0. The Hall–Kier alpha value is -0.960. The molecule has 1 atom stereocenters. The largest absolute Gasteiger partial charge is 0.387 e. The third-order valence-electron chi connectivity index (χ3n) is 1.73. The molecule has 1 rings (SSSR count). The van der Waals surface area contributed by atoms with Crippen molar-refractivity contribution in [3.8, 4) is 0 Å². The number of aliphatic hydroxyl groups is 1. The van der Waals surface area contributed by atoms with Crippen LogP contribution in [0.2, 0.25) is 0 Å². The Kier molecular flexibility index (Phi) is 2.76. The van der Waals surface area contributed by atoms with E-state index in [-0.39, 0.29) is 0 Å². The van der Waals surface area contributed by atoms with Crippen molar-refractivity contribution in [3.05, 3.63) is 23.8 Å². The maximum absolute atomic E-state index is 9.24. The summed E-state index contributed by atoms with van der Waals surface area (Å²) in [6.07, 6.45) is 0.989. The van der Waals surface area contributed by atoms with Crippen molar-refractivity contribution >= 4 is 0 Å². The zero-order chi connectivity index (χ0) is 9.14. The minimum atomic E-state index is -0.509. The average Bonchev–Trinajstić information content (AvgIpc) is 2.04. The number of nitrogens with zero attached hydrogens (tertiary/aromatic N) is 2.